The van der Waals surface area contributed by atoms with Crippen molar-refractivity contribution in [2.75, 3.05) is 7.05 Å². The number of nitrogens with zero attached hydrogens (tertiary/aromatic N) is 1. The Balaban J connectivity index is 2.01. The molecule has 0 bridgehead atoms. The highest BCUT2D eigenvalue weighted by atomic mass is 16.7. The summed E-state index contributed by atoms with van der Waals surface area (Å²) in [6.45, 7) is 9.37. The molecule has 1 saturated carbocycles. The summed E-state index contributed by atoms with van der Waals surface area (Å²) in [5, 5.41) is 2.18. The lowest BCUT2D eigenvalue weighted by Gasteiger charge is -2.51. The van der Waals surface area contributed by atoms with E-state index in [1.54, 1.807) is 5.57 Å². The maximum absolute atomic E-state index is 6.14. The van der Waals surface area contributed by atoms with Gasteiger partial charge in [-0.1, -0.05) is 18.6 Å². The SMILES string of the molecule is CC1=CCC[C@]2(C)CC[C@@H]3[C@H]([C@H]12)N(C)OC3(C)C. The van der Waals surface area contributed by atoms with Crippen LogP contribution in [-0.2, 0) is 4.84 Å². The summed E-state index contributed by atoms with van der Waals surface area (Å²) in [5.74, 6) is 1.37. The lowest BCUT2D eigenvalue weighted by Crippen LogP contribution is -2.51. The zero-order chi connectivity index (χ0) is 13.1. The number of hydroxylamine groups is 2. The molecule has 0 N–H and O–H groups in total. The van der Waals surface area contributed by atoms with Gasteiger partial charge < -0.3 is 0 Å². The Morgan fingerprint density at radius 3 is 2.72 bits per heavy atom. The van der Waals surface area contributed by atoms with Crippen molar-refractivity contribution in [3.05, 3.63) is 11.6 Å². The highest BCUT2D eigenvalue weighted by Gasteiger charge is 2.57. The van der Waals surface area contributed by atoms with Crippen LogP contribution in [0.15, 0.2) is 11.6 Å². The number of hydrogen-bond donors (Lipinski definition) is 0. The van der Waals surface area contributed by atoms with E-state index in [1.807, 2.05) is 0 Å². The first-order valence-electron chi connectivity index (χ1n) is 7.44. The zero-order valence-corrected chi connectivity index (χ0v) is 12.5. The number of allylic oxidation sites excluding steroid dienone is 1. The van der Waals surface area contributed by atoms with Crippen LogP contribution in [0.25, 0.3) is 0 Å². The highest BCUT2D eigenvalue weighted by Crippen LogP contribution is 2.57. The predicted octanol–water partition coefficient (Wildman–Crippen LogP) is 3.78. The van der Waals surface area contributed by atoms with Gasteiger partial charge >= 0.3 is 0 Å². The lowest BCUT2D eigenvalue weighted by molar-refractivity contribution is -0.184. The number of fused-ring (bicyclic) bond motifs is 3. The fraction of sp³-hybridized carbons (Fsp3) is 0.875. The molecule has 1 aliphatic heterocycles. The van der Waals surface area contributed by atoms with E-state index in [0.717, 1.165) is 0 Å². The monoisotopic (exact) mass is 249 g/mol. The first-order valence-corrected chi connectivity index (χ1v) is 7.44. The first kappa shape index (κ1) is 12.7. The van der Waals surface area contributed by atoms with Gasteiger partial charge in [-0.3, -0.25) is 4.84 Å². The van der Waals surface area contributed by atoms with Crippen molar-refractivity contribution in [1.82, 2.24) is 5.06 Å². The second-order valence-electron chi connectivity index (χ2n) is 7.50. The van der Waals surface area contributed by atoms with Gasteiger partial charge in [0.1, 0.15) is 0 Å². The van der Waals surface area contributed by atoms with Gasteiger partial charge in [0.2, 0.25) is 0 Å². The lowest BCUT2D eigenvalue weighted by atomic mass is 9.54. The van der Waals surface area contributed by atoms with Crippen LogP contribution in [0.1, 0.15) is 53.4 Å². The molecule has 2 nitrogen and oxygen atoms in total. The van der Waals surface area contributed by atoms with E-state index in [-0.39, 0.29) is 5.60 Å². The molecule has 3 aliphatic rings. The third-order valence-electron chi connectivity index (χ3n) is 5.90. The quantitative estimate of drug-likeness (QED) is 0.606. The van der Waals surface area contributed by atoms with Crippen LogP contribution in [0, 0.1) is 17.3 Å². The van der Waals surface area contributed by atoms with Crippen LogP contribution in [-0.4, -0.2) is 23.8 Å². The molecule has 0 amide bonds. The fourth-order valence-electron chi connectivity index (χ4n) is 5.03. The van der Waals surface area contributed by atoms with Gasteiger partial charge in [-0.2, -0.15) is 5.06 Å². The Hall–Kier alpha value is -0.340. The summed E-state index contributed by atoms with van der Waals surface area (Å²) >= 11 is 0. The van der Waals surface area contributed by atoms with Crippen molar-refractivity contribution in [3.63, 3.8) is 0 Å². The van der Waals surface area contributed by atoms with E-state index in [9.17, 15) is 0 Å². The molecule has 102 valence electrons. The Bertz CT molecular complexity index is 387. The molecule has 0 aromatic rings. The Kier molecular flexibility index (Phi) is 2.70. The topological polar surface area (TPSA) is 12.5 Å². The van der Waals surface area contributed by atoms with Crippen LogP contribution >= 0.6 is 0 Å². The molecule has 0 unspecified atom stereocenters. The Morgan fingerprint density at radius 2 is 2.00 bits per heavy atom. The molecule has 0 aromatic heterocycles. The molecule has 0 aromatic carbocycles. The van der Waals surface area contributed by atoms with E-state index < -0.39 is 0 Å². The van der Waals surface area contributed by atoms with E-state index in [2.05, 4.69) is 45.9 Å². The smallest absolute Gasteiger partial charge is 0.0887 e. The molecule has 1 saturated heterocycles. The Labute approximate surface area is 111 Å². The second kappa shape index (κ2) is 3.83. The summed E-state index contributed by atoms with van der Waals surface area (Å²) < 4.78 is 0. The molecule has 0 spiro atoms. The first-order chi connectivity index (χ1) is 8.35. The van der Waals surface area contributed by atoms with Crippen molar-refractivity contribution >= 4 is 0 Å². The minimum atomic E-state index is 0.0124. The van der Waals surface area contributed by atoms with Crippen LogP contribution in [0.2, 0.25) is 0 Å². The van der Waals surface area contributed by atoms with Crippen molar-refractivity contribution in [2.24, 2.45) is 17.3 Å². The molecular weight excluding hydrogens is 222 g/mol. The predicted molar refractivity (Wildman–Crippen MR) is 74.0 cm³/mol. The number of hydrogen-bond acceptors (Lipinski definition) is 2. The van der Waals surface area contributed by atoms with Crippen molar-refractivity contribution in [2.45, 2.75) is 65.0 Å². The maximum Gasteiger partial charge on any atom is 0.0887 e. The van der Waals surface area contributed by atoms with Gasteiger partial charge in [-0.15, -0.1) is 0 Å². The second-order valence-corrected chi connectivity index (χ2v) is 7.50. The maximum atomic E-state index is 6.14. The van der Waals surface area contributed by atoms with E-state index in [4.69, 9.17) is 4.84 Å². The molecule has 2 fully saturated rings. The molecule has 0 radical (unpaired) electrons. The standard InChI is InChI=1S/C16H27NO/c1-11-7-6-9-16(4)10-8-12-14(13(11)16)17(5)18-15(12,2)3/h7,12-14H,6,8-10H2,1-5H3/t12-,13+,14-,16-/m1/s1. The minimum Gasteiger partial charge on any atom is -0.293 e. The molecule has 3 rings (SSSR count). The van der Waals surface area contributed by atoms with E-state index in [1.165, 1.54) is 25.7 Å². The largest absolute Gasteiger partial charge is 0.293 e. The summed E-state index contributed by atoms with van der Waals surface area (Å²) in [6.07, 6.45) is 7.78. The summed E-state index contributed by atoms with van der Waals surface area (Å²) in [4.78, 5) is 6.14. The van der Waals surface area contributed by atoms with Crippen molar-refractivity contribution in [3.8, 4) is 0 Å². The molecular formula is C16H27NO. The van der Waals surface area contributed by atoms with Gasteiger partial charge in [0.15, 0.2) is 0 Å². The third-order valence-corrected chi connectivity index (χ3v) is 5.90. The van der Waals surface area contributed by atoms with Gasteiger partial charge in [-0.25, -0.2) is 0 Å². The average Bonchev–Trinajstić information content (AvgIpc) is 2.48. The molecule has 4 atom stereocenters. The third kappa shape index (κ3) is 1.61. The summed E-state index contributed by atoms with van der Waals surface area (Å²) in [5.41, 5.74) is 2.11. The van der Waals surface area contributed by atoms with Crippen molar-refractivity contribution in [1.29, 1.82) is 0 Å². The van der Waals surface area contributed by atoms with Crippen molar-refractivity contribution < 1.29 is 4.84 Å². The summed E-state index contributed by atoms with van der Waals surface area (Å²) in [6, 6.07) is 0.579. The number of rotatable bonds is 0. The van der Waals surface area contributed by atoms with Crippen LogP contribution in [0.4, 0.5) is 0 Å². The van der Waals surface area contributed by atoms with Crippen LogP contribution < -0.4 is 0 Å². The molecule has 1 heterocycles. The van der Waals surface area contributed by atoms with E-state index in [0.29, 0.717) is 23.3 Å². The fourth-order valence-corrected chi connectivity index (χ4v) is 5.03. The van der Waals surface area contributed by atoms with Gasteiger partial charge in [-0.05, 0) is 51.9 Å². The average molecular weight is 249 g/mol. The zero-order valence-electron chi connectivity index (χ0n) is 12.5. The molecule has 2 aliphatic carbocycles. The molecule has 2 heteroatoms. The Morgan fingerprint density at radius 1 is 1.28 bits per heavy atom. The minimum absolute atomic E-state index is 0.0124. The van der Waals surface area contributed by atoms with Gasteiger partial charge in [0.25, 0.3) is 0 Å². The highest BCUT2D eigenvalue weighted by molar-refractivity contribution is 5.20. The van der Waals surface area contributed by atoms with Gasteiger partial charge in [0, 0.05) is 24.9 Å². The summed E-state index contributed by atoms with van der Waals surface area (Å²) in [7, 11) is 2.14. The van der Waals surface area contributed by atoms with Gasteiger partial charge in [0.05, 0.1) is 5.60 Å². The van der Waals surface area contributed by atoms with Crippen LogP contribution in [0.3, 0.4) is 0 Å². The normalized spacial score (nSPS) is 47.4. The van der Waals surface area contributed by atoms with Crippen LogP contribution in [0.5, 0.6) is 0 Å². The molecule has 18 heavy (non-hydrogen) atoms. The van der Waals surface area contributed by atoms with E-state index >= 15 is 0 Å².